The summed E-state index contributed by atoms with van der Waals surface area (Å²) in [4.78, 5) is 4.37. The van der Waals surface area contributed by atoms with Gasteiger partial charge in [0.15, 0.2) is 0 Å². The number of aromatic nitrogens is 3. The monoisotopic (exact) mass is 252 g/mol. The third-order valence-electron chi connectivity index (χ3n) is 3.18. The molecule has 0 aliphatic heterocycles. The molecule has 0 bridgehead atoms. The van der Waals surface area contributed by atoms with E-state index in [1.807, 2.05) is 41.5 Å². The topological polar surface area (TPSA) is 42.7 Å². The highest BCUT2D eigenvalue weighted by atomic mass is 15.3. The van der Waals surface area contributed by atoms with Crippen molar-refractivity contribution in [2.75, 3.05) is 5.32 Å². The second-order valence-corrected chi connectivity index (χ2v) is 4.43. The summed E-state index contributed by atoms with van der Waals surface area (Å²) in [6.07, 6.45) is 5.73. The van der Waals surface area contributed by atoms with Crippen molar-refractivity contribution in [2.24, 2.45) is 0 Å². The summed E-state index contributed by atoms with van der Waals surface area (Å²) in [5.41, 5.74) is 3.32. The molecule has 2 aromatic heterocycles. The predicted molar refractivity (Wildman–Crippen MR) is 77.0 cm³/mol. The number of aryl methyl sites for hydroxylation is 1. The highest BCUT2D eigenvalue weighted by molar-refractivity contribution is 5.82. The van der Waals surface area contributed by atoms with E-state index in [-0.39, 0.29) is 0 Å². The highest BCUT2D eigenvalue weighted by Gasteiger charge is 2.02. The van der Waals surface area contributed by atoms with Crippen molar-refractivity contribution in [1.29, 1.82) is 0 Å². The number of nitrogens with one attached hydrogen (secondary N) is 1. The van der Waals surface area contributed by atoms with Gasteiger partial charge in [-0.3, -0.25) is 9.67 Å². The van der Waals surface area contributed by atoms with Crippen molar-refractivity contribution in [3.8, 4) is 0 Å². The van der Waals surface area contributed by atoms with Crippen molar-refractivity contribution in [2.45, 2.75) is 20.0 Å². The predicted octanol–water partition coefficient (Wildman–Crippen LogP) is 3.06. The molecular weight excluding hydrogens is 236 g/mol. The summed E-state index contributed by atoms with van der Waals surface area (Å²) < 4.78 is 1.91. The van der Waals surface area contributed by atoms with E-state index >= 15 is 0 Å². The standard InChI is InChI=1S/C15H16N4/c1-2-19-11-13(10-18-19)17-9-12-7-8-16-15-6-4-3-5-14(12)15/h3-8,10-11,17H,2,9H2,1H3. The molecule has 1 aromatic carbocycles. The van der Waals surface area contributed by atoms with E-state index in [1.165, 1.54) is 10.9 Å². The van der Waals surface area contributed by atoms with Crippen LogP contribution in [0.15, 0.2) is 48.9 Å². The van der Waals surface area contributed by atoms with Crippen molar-refractivity contribution in [3.63, 3.8) is 0 Å². The smallest absolute Gasteiger partial charge is 0.0729 e. The molecule has 96 valence electrons. The number of benzene rings is 1. The summed E-state index contributed by atoms with van der Waals surface area (Å²) in [5.74, 6) is 0. The first-order valence-corrected chi connectivity index (χ1v) is 6.46. The van der Waals surface area contributed by atoms with Crippen LogP contribution in [0.1, 0.15) is 12.5 Å². The van der Waals surface area contributed by atoms with E-state index in [1.54, 1.807) is 0 Å². The normalized spacial score (nSPS) is 10.8. The van der Waals surface area contributed by atoms with Gasteiger partial charge in [-0.15, -0.1) is 0 Å². The maximum Gasteiger partial charge on any atom is 0.0729 e. The fourth-order valence-electron chi connectivity index (χ4n) is 2.13. The minimum Gasteiger partial charge on any atom is -0.378 e. The minimum absolute atomic E-state index is 0.776. The Morgan fingerprint density at radius 2 is 2.11 bits per heavy atom. The zero-order chi connectivity index (χ0) is 13.1. The van der Waals surface area contributed by atoms with Gasteiger partial charge in [0.25, 0.3) is 0 Å². The number of para-hydroxylation sites is 1. The fraction of sp³-hybridized carbons (Fsp3) is 0.200. The molecule has 0 atom stereocenters. The van der Waals surface area contributed by atoms with Gasteiger partial charge >= 0.3 is 0 Å². The molecule has 3 aromatic rings. The largest absolute Gasteiger partial charge is 0.378 e. The van der Waals surface area contributed by atoms with E-state index in [0.717, 1.165) is 24.3 Å². The van der Waals surface area contributed by atoms with E-state index in [2.05, 4.69) is 34.5 Å². The van der Waals surface area contributed by atoms with Crippen LogP contribution in [-0.2, 0) is 13.1 Å². The Balaban J connectivity index is 1.81. The first-order chi connectivity index (χ1) is 9.36. The molecule has 4 nitrogen and oxygen atoms in total. The van der Waals surface area contributed by atoms with E-state index in [9.17, 15) is 0 Å². The SMILES string of the molecule is CCn1cc(NCc2ccnc3ccccc23)cn1. The van der Waals surface area contributed by atoms with E-state index in [4.69, 9.17) is 0 Å². The third kappa shape index (κ3) is 2.42. The first kappa shape index (κ1) is 11.7. The number of hydrogen-bond acceptors (Lipinski definition) is 3. The molecule has 0 amide bonds. The van der Waals surface area contributed by atoms with Gasteiger partial charge in [0.2, 0.25) is 0 Å². The van der Waals surface area contributed by atoms with Crippen LogP contribution < -0.4 is 5.32 Å². The van der Waals surface area contributed by atoms with Crippen LogP contribution in [0, 0.1) is 0 Å². The minimum atomic E-state index is 0.776. The van der Waals surface area contributed by atoms with Gasteiger partial charge in [-0.2, -0.15) is 5.10 Å². The molecule has 0 aliphatic rings. The Kier molecular flexibility index (Phi) is 3.14. The lowest BCUT2D eigenvalue weighted by atomic mass is 10.1. The maximum absolute atomic E-state index is 4.37. The Labute approximate surface area is 112 Å². The molecule has 3 rings (SSSR count). The zero-order valence-corrected chi connectivity index (χ0v) is 10.9. The Hall–Kier alpha value is -2.36. The average Bonchev–Trinajstić information content (AvgIpc) is 2.93. The molecular formula is C15H16N4. The first-order valence-electron chi connectivity index (χ1n) is 6.46. The van der Waals surface area contributed by atoms with Crippen molar-refractivity contribution < 1.29 is 0 Å². The number of nitrogens with zero attached hydrogens (tertiary/aromatic N) is 3. The lowest BCUT2D eigenvalue weighted by Crippen LogP contribution is -2.00. The van der Waals surface area contributed by atoms with Gasteiger partial charge in [-0.05, 0) is 24.6 Å². The summed E-state index contributed by atoms with van der Waals surface area (Å²) in [6, 6.07) is 10.3. The second-order valence-electron chi connectivity index (χ2n) is 4.43. The Morgan fingerprint density at radius 3 is 2.95 bits per heavy atom. The molecule has 0 aliphatic carbocycles. The van der Waals surface area contributed by atoms with Crippen LogP contribution in [0.4, 0.5) is 5.69 Å². The van der Waals surface area contributed by atoms with Gasteiger partial charge in [0, 0.05) is 30.9 Å². The van der Waals surface area contributed by atoms with Crippen LogP contribution in [0.25, 0.3) is 10.9 Å². The molecule has 0 fully saturated rings. The number of anilines is 1. The van der Waals surface area contributed by atoms with Gasteiger partial charge in [-0.25, -0.2) is 0 Å². The van der Waals surface area contributed by atoms with Crippen LogP contribution in [0.5, 0.6) is 0 Å². The molecule has 4 heteroatoms. The van der Waals surface area contributed by atoms with Crippen LogP contribution in [0.2, 0.25) is 0 Å². The maximum atomic E-state index is 4.37. The number of hydrogen-bond donors (Lipinski definition) is 1. The zero-order valence-electron chi connectivity index (χ0n) is 10.9. The van der Waals surface area contributed by atoms with Crippen molar-refractivity contribution in [3.05, 3.63) is 54.5 Å². The quantitative estimate of drug-likeness (QED) is 0.776. The van der Waals surface area contributed by atoms with Crippen molar-refractivity contribution >= 4 is 16.6 Å². The third-order valence-corrected chi connectivity index (χ3v) is 3.18. The van der Waals surface area contributed by atoms with Crippen LogP contribution in [-0.4, -0.2) is 14.8 Å². The average molecular weight is 252 g/mol. The molecule has 0 spiro atoms. The van der Waals surface area contributed by atoms with Gasteiger partial charge in [-0.1, -0.05) is 18.2 Å². The molecule has 0 saturated carbocycles. The molecule has 0 saturated heterocycles. The van der Waals surface area contributed by atoms with Crippen molar-refractivity contribution in [1.82, 2.24) is 14.8 Å². The van der Waals surface area contributed by atoms with Gasteiger partial charge in [0.1, 0.15) is 0 Å². The lowest BCUT2D eigenvalue weighted by molar-refractivity contribution is 0.660. The Bertz CT molecular complexity index is 682. The van der Waals surface area contributed by atoms with Gasteiger partial charge < -0.3 is 5.32 Å². The van der Waals surface area contributed by atoms with E-state index in [0.29, 0.717) is 0 Å². The second kappa shape index (κ2) is 5.10. The van der Waals surface area contributed by atoms with E-state index < -0.39 is 0 Å². The fourth-order valence-corrected chi connectivity index (χ4v) is 2.13. The summed E-state index contributed by atoms with van der Waals surface area (Å²) in [5, 5.41) is 8.84. The molecule has 19 heavy (non-hydrogen) atoms. The van der Waals surface area contributed by atoms with Crippen LogP contribution >= 0.6 is 0 Å². The molecule has 2 heterocycles. The number of pyridine rings is 1. The lowest BCUT2D eigenvalue weighted by Gasteiger charge is -2.07. The Morgan fingerprint density at radius 1 is 1.21 bits per heavy atom. The number of fused-ring (bicyclic) bond motifs is 1. The summed E-state index contributed by atoms with van der Waals surface area (Å²) in [6.45, 7) is 3.74. The summed E-state index contributed by atoms with van der Waals surface area (Å²) in [7, 11) is 0. The van der Waals surface area contributed by atoms with Gasteiger partial charge in [0.05, 0.1) is 17.4 Å². The number of rotatable bonds is 4. The summed E-state index contributed by atoms with van der Waals surface area (Å²) >= 11 is 0. The molecule has 1 N–H and O–H groups in total. The highest BCUT2D eigenvalue weighted by Crippen LogP contribution is 2.17. The van der Waals surface area contributed by atoms with Crippen LogP contribution in [0.3, 0.4) is 0 Å². The molecule has 0 unspecified atom stereocenters. The molecule has 0 radical (unpaired) electrons.